The Bertz CT molecular complexity index is 687. The zero-order valence-electron chi connectivity index (χ0n) is 12.0. The fourth-order valence-corrected chi connectivity index (χ4v) is 2.50. The zero-order valence-corrected chi connectivity index (χ0v) is 13.5. The minimum absolute atomic E-state index is 0.0545. The number of amides is 1. The van der Waals surface area contributed by atoms with Gasteiger partial charge in [0.15, 0.2) is 12.4 Å². The van der Waals surface area contributed by atoms with E-state index in [1.807, 2.05) is 32.9 Å². The van der Waals surface area contributed by atoms with Crippen molar-refractivity contribution in [2.24, 2.45) is 0 Å². The lowest BCUT2D eigenvalue weighted by Crippen LogP contribution is -2.34. The highest BCUT2D eigenvalue weighted by molar-refractivity contribution is 6.39. The molecule has 0 saturated carbocycles. The van der Waals surface area contributed by atoms with E-state index in [1.54, 1.807) is 6.07 Å². The number of halogens is 2. The van der Waals surface area contributed by atoms with Gasteiger partial charge in [0.25, 0.3) is 5.91 Å². The van der Waals surface area contributed by atoms with Crippen molar-refractivity contribution in [1.82, 2.24) is 10.3 Å². The molecular formula is C15H16Cl2N2O2. The van der Waals surface area contributed by atoms with Gasteiger partial charge in [-0.2, -0.15) is 0 Å². The summed E-state index contributed by atoms with van der Waals surface area (Å²) in [4.78, 5) is 16.1. The van der Waals surface area contributed by atoms with Crippen molar-refractivity contribution in [3.05, 3.63) is 33.9 Å². The van der Waals surface area contributed by atoms with E-state index in [-0.39, 0.29) is 18.6 Å². The van der Waals surface area contributed by atoms with Crippen LogP contribution in [0.1, 0.15) is 19.5 Å². The van der Waals surface area contributed by atoms with Gasteiger partial charge in [0.05, 0.1) is 10.0 Å². The van der Waals surface area contributed by atoms with E-state index in [0.29, 0.717) is 21.3 Å². The summed E-state index contributed by atoms with van der Waals surface area (Å²) in [6.07, 6.45) is 0. The number of ether oxygens (including phenoxy) is 1. The first-order valence-electron chi connectivity index (χ1n) is 6.56. The van der Waals surface area contributed by atoms with Crippen LogP contribution in [0.3, 0.4) is 0 Å². The number of aromatic nitrogens is 1. The number of fused-ring (bicyclic) bond motifs is 1. The molecule has 0 aliphatic carbocycles. The van der Waals surface area contributed by atoms with Gasteiger partial charge in [-0.15, -0.1) is 0 Å². The molecule has 2 aromatic rings. The highest BCUT2D eigenvalue weighted by Crippen LogP contribution is 2.37. The Balaban J connectivity index is 2.34. The first-order chi connectivity index (χ1) is 9.88. The van der Waals surface area contributed by atoms with Gasteiger partial charge < -0.3 is 10.1 Å². The summed E-state index contributed by atoms with van der Waals surface area (Å²) in [5.41, 5.74) is 1.38. The largest absolute Gasteiger partial charge is 0.480 e. The molecule has 0 fully saturated rings. The van der Waals surface area contributed by atoms with E-state index < -0.39 is 0 Å². The summed E-state index contributed by atoms with van der Waals surface area (Å²) in [6, 6.07) is 5.37. The first kappa shape index (κ1) is 15.9. The molecule has 1 aromatic heterocycles. The normalized spacial score (nSPS) is 11.0. The van der Waals surface area contributed by atoms with E-state index in [2.05, 4.69) is 10.3 Å². The first-order valence-corrected chi connectivity index (χ1v) is 7.31. The topological polar surface area (TPSA) is 51.2 Å². The summed E-state index contributed by atoms with van der Waals surface area (Å²) in [7, 11) is 0. The summed E-state index contributed by atoms with van der Waals surface area (Å²) in [6.45, 7) is 5.51. The van der Waals surface area contributed by atoms with E-state index in [4.69, 9.17) is 27.9 Å². The third-order valence-electron chi connectivity index (χ3n) is 2.77. The predicted molar refractivity (Wildman–Crippen MR) is 85.3 cm³/mol. The molecule has 6 heteroatoms. The minimum Gasteiger partial charge on any atom is -0.480 e. The second-order valence-electron chi connectivity index (χ2n) is 5.03. The maximum Gasteiger partial charge on any atom is 0.258 e. The van der Waals surface area contributed by atoms with E-state index in [1.165, 1.54) is 0 Å². The van der Waals surface area contributed by atoms with Crippen LogP contribution in [0.4, 0.5) is 0 Å². The fraction of sp³-hybridized carbons (Fsp3) is 0.333. The zero-order chi connectivity index (χ0) is 15.6. The van der Waals surface area contributed by atoms with Crippen LogP contribution in [0, 0.1) is 6.92 Å². The van der Waals surface area contributed by atoms with Crippen LogP contribution in [0.2, 0.25) is 10.0 Å². The minimum atomic E-state index is -0.211. The second-order valence-corrected chi connectivity index (χ2v) is 5.84. The molecule has 0 radical (unpaired) electrons. The number of nitrogens with zero attached hydrogens (tertiary/aromatic N) is 1. The Kier molecular flexibility index (Phi) is 4.91. The highest BCUT2D eigenvalue weighted by Gasteiger charge is 2.14. The molecule has 0 atom stereocenters. The molecule has 0 bridgehead atoms. The van der Waals surface area contributed by atoms with Crippen LogP contribution in [0.15, 0.2) is 18.2 Å². The molecule has 1 amide bonds. The molecule has 0 saturated heterocycles. The quantitative estimate of drug-likeness (QED) is 0.930. The average molecular weight is 327 g/mol. The number of benzene rings is 1. The molecule has 0 aliphatic rings. The van der Waals surface area contributed by atoms with E-state index in [0.717, 1.165) is 11.1 Å². The number of rotatable bonds is 4. The smallest absolute Gasteiger partial charge is 0.258 e. The van der Waals surface area contributed by atoms with Gasteiger partial charge in [0.2, 0.25) is 0 Å². The molecule has 2 rings (SSSR count). The Hall–Kier alpha value is -1.52. The lowest BCUT2D eigenvalue weighted by Gasteiger charge is -2.13. The number of pyridine rings is 1. The van der Waals surface area contributed by atoms with Crippen molar-refractivity contribution < 1.29 is 9.53 Å². The molecule has 1 aromatic carbocycles. The van der Waals surface area contributed by atoms with Gasteiger partial charge in [-0.25, -0.2) is 4.98 Å². The van der Waals surface area contributed by atoms with E-state index in [9.17, 15) is 4.79 Å². The van der Waals surface area contributed by atoms with Crippen LogP contribution >= 0.6 is 23.2 Å². The number of carbonyl (C=O) groups excluding carboxylic acids is 1. The number of hydrogen-bond acceptors (Lipinski definition) is 3. The molecule has 21 heavy (non-hydrogen) atoms. The van der Waals surface area contributed by atoms with Crippen molar-refractivity contribution in [1.29, 1.82) is 0 Å². The Morgan fingerprint density at radius 3 is 2.71 bits per heavy atom. The average Bonchev–Trinajstić information content (AvgIpc) is 2.37. The van der Waals surface area contributed by atoms with Gasteiger partial charge in [0.1, 0.15) is 5.52 Å². The highest BCUT2D eigenvalue weighted by atomic mass is 35.5. The standard InChI is InChI=1S/C15H16Cl2N2O2/c1-8(2)18-13(20)7-21-15-12(17)6-11(16)10-5-4-9(3)19-14(10)15/h4-6,8H,7H2,1-3H3,(H,18,20). The maximum absolute atomic E-state index is 11.7. The lowest BCUT2D eigenvalue weighted by atomic mass is 10.2. The Morgan fingerprint density at radius 1 is 1.33 bits per heavy atom. The van der Waals surface area contributed by atoms with Crippen molar-refractivity contribution in [2.45, 2.75) is 26.8 Å². The molecule has 0 aliphatic heterocycles. The van der Waals surface area contributed by atoms with Crippen LogP contribution < -0.4 is 10.1 Å². The molecular weight excluding hydrogens is 311 g/mol. The molecule has 1 N–H and O–H groups in total. The van der Waals surface area contributed by atoms with Gasteiger partial charge in [-0.05, 0) is 39.0 Å². The molecule has 4 nitrogen and oxygen atoms in total. The second kappa shape index (κ2) is 6.50. The Labute approximate surface area is 133 Å². The summed E-state index contributed by atoms with van der Waals surface area (Å²) in [5.74, 6) is 0.162. The molecule has 112 valence electrons. The van der Waals surface area contributed by atoms with Crippen molar-refractivity contribution >= 4 is 40.0 Å². The number of nitrogens with one attached hydrogen (secondary N) is 1. The third-order valence-corrected chi connectivity index (χ3v) is 3.37. The summed E-state index contributed by atoms with van der Waals surface area (Å²) in [5, 5.41) is 4.33. The van der Waals surface area contributed by atoms with Crippen LogP contribution in [-0.4, -0.2) is 23.5 Å². The summed E-state index contributed by atoms with van der Waals surface area (Å²) >= 11 is 12.3. The number of carbonyl (C=O) groups is 1. The van der Waals surface area contributed by atoms with Gasteiger partial charge >= 0.3 is 0 Å². The van der Waals surface area contributed by atoms with Crippen molar-refractivity contribution in [2.75, 3.05) is 6.61 Å². The summed E-state index contributed by atoms with van der Waals surface area (Å²) < 4.78 is 5.56. The van der Waals surface area contributed by atoms with Gasteiger partial charge in [-0.3, -0.25) is 4.79 Å². The number of aryl methyl sites for hydroxylation is 1. The van der Waals surface area contributed by atoms with Crippen LogP contribution in [0.25, 0.3) is 10.9 Å². The molecule has 0 spiro atoms. The third kappa shape index (κ3) is 3.77. The van der Waals surface area contributed by atoms with E-state index >= 15 is 0 Å². The number of hydrogen-bond donors (Lipinski definition) is 1. The molecule has 0 unspecified atom stereocenters. The van der Waals surface area contributed by atoms with Gasteiger partial charge in [-0.1, -0.05) is 23.2 Å². The van der Waals surface area contributed by atoms with Crippen molar-refractivity contribution in [3.8, 4) is 5.75 Å². The fourth-order valence-electron chi connectivity index (χ4n) is 1.93. The maximum atomic E-state index is 11.7. The van der Waals surface area contributed by atoms with Crippen LogP contribution in [0.5, 0.6) is 5.75 Å². The monoisotopic (exact) mass is 326 g/mol. The Morgan fingerprint density at radius 2 is 2.05 bits per heavy atom. The van der Waals surface area contributed by atoms with Gasteiger partial charge in [0, 0.05) is 17.1 Å². The van der Waals surface area contributed by atoms with Crippen molar-refractivity contribution in [3.63, 3.8) is 0 Å². The SMILES string of the molecule is Cc1ccc2c(Cl)cc(Cl)c(OCC(=O)NC(C)C)c2n1. The predicted octanol–water partition coefficient (Wildman–Crippen LogP) is 3.75. The van der Waals surface area contributed by atoms with Crippen LogP contribution in [-0.2, 0) is 4.79 Å². The molecule has 1 heterocycles. The lowest BCUT2D eigenvalue weighted by molar-refractivity contribution is -0.123.